The van der Waals surface area contributed by atoms with Crippen molar-refractivity contribution in [3.05, 3.63) is 59.0 Å². The second-order valence-corrected chi connectivity index (χ2v) is 5.29. The number of para-hydroxylation sites is 1. The first-order valence-corrected chi connectivity index (χ1v) is 6.95. The minimum absolute atomic E-state index is 0.0915. The van der Waals surface area contributed by atoms with Gasteiger partial charge in [0.2, 0.25) is 0 Å². The van der Waals surface area contributed by atoms with E-state index in [1.807, 2.05) is 24.3 Å². The summed E-state index contributed by atoms with van der Waals surface area (Å²) in [5.74, 6) is 0.974. The van der Waals surface area contributed by atoms with Crippen molar-refractivity contribution >= 4 is 32.7 Å². The maximum atomic E-state index is 7.69. The third-order valence-corrected chi connectivity index (χ3v) is 3.35. The Kier molecular flexibility index (Phi) is 3.53. The number of aromatic nitrogens is 2. The number of nitrogens with two attached hydrogens (primary N) is 1. The van der Waals surface area contributed by atoms with Gasteiger partial charge in [-0.05, 0) is 34.1 Å². The third kappa shape index (κ3) is 2.71. The van der Waals surface area contributed by atoms with E-state index in [2.05, 4.69) is 25.9 Å². The molecule has 0 amide bonds. The summed E-state index contributed by atoms with van der Waals surface area (Å²) in [5.41, 5.74) is 6.86. The normalized spacial score (nSPS) is 10.5. The molecule has 6 heteroatoms. The molecule has 0 unspecified atom stereocenters. The van der Waals surface area contributed by atoms with Crippen LogP contribution < -0.4 is 10.5 Å². The van der Waals surface area contributed by atoms with Crippen molar-refractivity contribution in [2.24, 2.45) is 5.73 Å². The van der Waals surface area contributed by atoms with Crippen LogP contribution in [0.4, 0.5) is 0 Å². The maximum Gasteiger partial charge on any atom is 0.149 e. The fraction of sp³-hybridized carbons (Fsp3) is 0. The molecule has 3 rings (SSSR count). The fourth-order valence-electron chi connectivity index (χ4n) is 1.98. The molecular weight excluding hydrogens is 332 g/mol. The van der Waals surface area contributed by atoms with Crippen LogP contribution in [-0.2, 0) is 0 Å². The largest absolute Gasteiger partial charge is 0.454 e. The number of ether oxygens (including phenoxy) is 1. The molecule has 104 valence electrons. The number of benzene rings is 1. The number of nitrogens with zero attached hydrogens (tertiary/aromatic N) is 2. The van der Waals surface area contributed by atoms with E-state index in [4.69, 9.17) is 15.9 Å². The Balaban J connectivity index is 2.18. The van der Waals surface area contributed by atoms with E-state index in [0.717, 1.165) is 15.4 Å². The molecule has 0 saturated heterocycles. The Hall–Kier alpha value is -2.47. The number of fused-ring (bicyclic) bond motifs is 1. The summed E-state index contributed by atoms with van der Waals surface area (Å²) in [7, 11) is 0. The van der Waals surface area contributed by atoms with Crippen LogP contribution in [0.5, 0.6) is 11.5 Å². The van der Waals surface area contributed by atoms with E-state index in [-0.39, 0.29) is 5.84 Å². The van der Waals surface area contributed by atoms with Gasteiger partial charge in [0.1, 0.15) is 17.3 Å². The van der Waals surface area contributed by atoms with Gasteiger partial charge in [0.05, 0.1) is 17.3 Å². The minimum Gasteiger partial charge on any atom is -0.454 e. The monoisotopic (exact) mass is 342 g/mol. The zero-order chi connectivity index (χ0) is 14.8. The number of pyridine rings is 2. The highest BCUT2D eigenvalue weighted by Gasteiger charge is 2.13. The summed E-state index contributed by atoms with van der Waals surface area (Å²) in [5, 5.41) is 8.49. The lowest BCUT2D eigenvalue weighted by Crippen LogP contribution is -2.13. The minimum atomic E-state index is -0.0915. The number of nitrogens with one attached hydrogen (secondary N) is 1. The van der Waals surface area contributed by atoms with Crippen LogP contribution >= 0.6 is 15.9 Å². The Labute approximate surface area is 129 Å². The molecule has 0 atom stereocenters. The van der Waals surface area contributed by atoms with Gasteiger partial charge < -0.3 is 10.5 Å². The summed E-state index contributed by atoms with van der Waals surface area (Å²) in [6.45, 7) is 0. The van der Waals surface area contributed by atoms with Gasteiger partial charge in [-0.15, -0.1) is 0 Å². The molecule has 0 fully saturated rings. The average Bonchev–Trinajstić information content (AvgIpc) is 2.47. The van der Waals surface area contributed by atoms with Crippen molar-refractivity contribution in [1.82, 2.24) is 9.97 Å². The number of nitrogen functional groups attached to an aromatic ring is 1. The van der Waals surface area contributed by atoms with Gasteiger partial charge in [-0.2, -0.15) is 0 Å². The van der Waals surface area contributed by atoms with Crippen LogP contribution in [0, 0.1) is 5.41 Å². The van der Waals surface area contributed by atoms with E-state index in [1.54, 1.807) is 24.7 Å². The van der Waals surface area contributed by atoms with E-state index in [0.29, 0.717) is 17.1 Å². The first-order valence-electron chi connectivity index (χ1n) is 6.15. The molecule has 0 aliphatic rings. The molecule has 2 heterocycles. The molecule has 5 nitrogen and oxygen atoms in total. The van der Waals surface area contributed by atoms with E-state index >= 15 is 0 Å². The smallest absolute Gasteiger partial charge is 0.149 e. The Morgan fingerprint density at radius 3 is 2.76 bits per heavy atom. The summed E-state index contributed by atoms with van der Waals surface area (Å²) >= 11 is 3.35. The number of hydrogen-bond acceptors (Lipinski definition) is 4. The highest BCUT2D eigenvalue weighted by atomic mass is 79.9. The zero-order valence-corrected chi connectivity index (χ0v) is 12.5. The van der Waals surface area contributed by atoms with Crippen molar-refractivity contribution < 1.29 is 4.74 Å². The van der Waals surface area contributed by atoms with Gasteiger partial charge in [0.25, 0.3) is 0 Å². The van der Waals surface area contributed by atoms with Crippen LogP contribution in [-0.4, -0.2) is 15.8 Å². The first-order chi connectivity index (χ1) is 10.1. The van der Waals surface area contributed by atoms with Crippen molar-refractivity contribution in [3.63, 3.8) is 0 Å². The standard InChI is InChI=1S/C15H11BrN4O/c16-9-5-10(7-19-6-9)21-14-11-3-1-2-4-13(11)20-8-12(14)15(17)18/h1-8H,(H3,17,18). The molecule has 0 aliphatic heterocycles. The Bertz CT molecular complexity index is 835. The SMILES string of the molecule is N=C(N)c1cnc2ccccc2c1Oc1cncc(Br)c1. The molecule has 1 aromatic carbocycles. The maximum absolute atomic E-state index is 7.69. The highest BCUT2D eigenvalue weighted by Crippen LogP contribution is 2.32. The lowest BCUT2D eigenvalue weighted by Gasteiger charge is -2.12. The summed E-state index contributed by atoms with van der Waals surface area (Å²) in [6, 6.07) is 9.35. The molecule has 3 N–H and O–H groups in total. The Morgan fingerprint density at radius 1 is 1.19 bits per heavy atom. The molecule has 0 saturated carbocycles. The Morgan fingerprint density at radius 2 is 2.00 bits per heavy atom. The predicted molar refractivity (Wildman–Crippen MR) is 84.8 cm³/mol. The second-order valence-electron chi connectivity index (χ2n) is 4.37. The number of amidine groups is 1. The lowest BCUT2D eigenvalue weighted by molar-refractivity contribution is 0.484. The zero-order valence-electron chi connectivity index (χ0n) is 10.9. The third-order valence-electron chi connectivity index (χ3n) is 2.92. The quantitative estimate of drug-likeness (QED) is 0.563. The molecule has 2 aromatic heterocycles. The predicted octanol–water partition coefficient (Wildman–Crippen LogP) is 3.47. The van der Waals surface area contributed by atoms with Crippen molar-refractivity contribution in [1.29, 1.82) is 5.41 Å². The van der Waals surface area contributed by atoms with Crippen LogP contribution in [0.15, 0.2) is 53.4 Å². The fourth-order valence-corrected chi connectivity index (χ4v) is 2.33. The molecule has 21 heavy (non-hydrogen) atoms. The summed E-state index contributed by atoms with van der Waals surface area (Å²) < 4.78 is 6.72. The molecule has 0 radical (unpaired) electrons. The highest BCUT2D eigenvalue weighted by molar-refractivity contribution is 9.10. The number of hydrogen-bond donors (Lipinski definition) is 2. The molecule has 3 aromatic rings. The van der Waals surface area contributed by atoms with Crippen LogP contribution in [0.3, 0.4) is 0 Å². The van der Waals surface area contributed by atoms with Gasteiger partial charge in [0.15, 0.2) is 0 Å². The van der Waals surface area contributed by atoms with Crippen molar-refractivity contribution in [3.8, 4) is 11.5 Å². The molecular formula is C15H11BrN4O. The van der Waals surface area contributed by atoms with Crippen molar-refractivity contribution in [2.45, 2.75) is 0 Å². The van der Waals surface area contributed by atoms with Gasteiger partial charge in [-0.25, -0.2) is 0 Å². The van der Waals surface area contributed by atoms with Crippen LogP contribution in [0.25, 0.3) is 10.9 Å². The topological polar surface area (TPSA) is 84.9 Å². The van der Waals surface area contributed by atoms with Gasteiger partial charge in [-0.1, -0.05) is 12.1 Å². The van der Waals surface area contributed by atoms with Gasteiger partial charge >= 0.3 is 0 Å². The molecule has 0 aliphatic carbocycles. The summed E-state index contributed by atoms with van der Waals surface area (Å²) in [6.07, 6.45) is 4.82. The van der Waals surface area contributed by atoms with E-state index in [9.17, 15) is 0 Å². The second kappa shape index (κ2) is 5.49. The van der Waals surface area contributed by atoms with E-state index in [1.165, 1.54) is 0 Å². The van der Waals surface area contributed by atoms with E-state index < -0.39 is 0 Å². The van der Waals surface area contributed by atoms with Gasteiger partial charge in [-0.3, -0.25) is 15.4 Å². The lowest BCUT2D eigenvalue weighted by atomic mass is 10.1. The van der Waals surface area contributed by atoms with Crippen molar-refractivity contribution in [2.75, 3.05) is 0 Å². The average molecular weight is 343 g/mol. The van der Waals surface area contributed by atoms with Gasteiger partial charge in [0, 0.05) is 22.3 Å². The van der Waals surface area contributed by atoms with Crippen LogP contribution in [0.2, 0.25) is 0 Å². The van der Waals surface area contributed by atoms with Crippen LogP contribution in [0.1, 0.15) is 5.56 Å². The molecule has 0 bridgehead atoms. The number of halogens is 1. The number of rotatable bonds is 3. The summed E-state index contributed by atoms with van der Waals surface area (Å²) in [4.78, 5) is 8.36. The molecule has 0 spiro atoms. The first kappa shape index (κ1) is 13.5.